The van der Waals surface area contributed by atoms with Crippen molar-refractivity contribution >= 4 is 5.91 Å². The van der Waals surface area contributed by atoms with E-state index in [1.807, 2.05) is 45.7 Å². The van der Waals surface area contributed by atoms with Crippen LogP contribution >= 0.6 is 0 Å². The number of hydrogen-bond acceptors (Lipinski definition) is 7. The van der Waals surface area contributed by atoms with Gasteiger partial charge in [0.2, 0.25) is 0 Å². The van der Waals surface area contributed by atoms with Gasteiger partial charge < -0.3 is 18.9 Å². The quantitative estimate of drug-likeness (QED) is 0.177. The molecule has 1 saturated carbocycles. The smallest absolute Gasteiger partial charge is 0.264 e. The Bertz CT molecular complexity index is 1970. The molecule has 9 heteroatoms. The lowest BCUT2D eigenvalue weighted by molar-refractivity contribution is -0.129. The highest BCUT2D eigenvalue weighted by Crippen LogP contribution is 2.47. The standard InChI is InChI=1S/C43H55N5O4/c1-10-37-34-13-11-12-30(33(34)14-17-48(37)41(50)32(23-44)22-42(4,5)6)24-47-19-18-46(27-43(47)15-16-43)26-36-38(51-8)20-31(21-39(36)52-9)35-25-45(7)40(49)29(3)28(35)2/h11-13,20-22,25,37H,10,14-19,24,26-27H2,1-9H3/b32-22+/t37-/m0/s1. The van der Waals surface area contributed by atoms with Gasteiger partial charge in [-0.1, -0.05) is 52.0 Å². The average molecular weight is 706 g/mol. The molecule has 52 heavy (non-hydrogen) atoms. The summed E-state index contributed by atoms with van der Waals surface area (Å²) in [5.74, 6) is 1.42. The normalized spacial score (nSPS) is 19.0. The van der Waals surface area contributed by atoms with Gasteiger partial charge in [0.15, 0.2) is 0 Å². The van der Waals surface area contributed by atoms with Gasteiger partial charge in [-0.05, 0) is 84.9 Å². The van der Waals surface area contributed by atoms with Gasteiger partial charge in [0.25, 0.3) is 11.5 Å². The van der Waals surface area contributed by atoms with E-state index in [4.69, 9.17) is 9.47 Å². The third-order valence-corrected chi connectivity index (χ3v) is 11.5. The molecule has 0 N–H and O–H groups in total. The van der Waals surface area contributed by atoms with Crippen LogP contribution in [0.3, 0.4) is 0 Å². The lowest BCUT2D eigenvalue weighted by Crippen LogP contribution is -2.54. The highest BCUT2D eigenvalue weighted by atomic mass is 16.5. The molecular formula is C43H55N5O4. The van der Waals surface area contributed by atoms with Crippen LogP contribution in [0.2, 0.25) is 0 Å². The van der Waals surface area contributed by atoms with E-state index >= 15 is 0 Å². The third kappa shape index (κ3) is 7.16. The lowest BCUT2D eigenvalue weighted by atomic mass is 9.86. The third-order valence-electron chi connectivity index (χ3n) is 11.5. The van der Waals surface area contributed by atoms with Crippen molar-refractivity contribution in [2.24, 2.45) is 12.5 Å². The number of rotatable bonds is 9. The van der Waals surface area contributed by atoms with Crippen LogP contribution in [0.5, 0.6) is 11.5 Å². The number of amides is 1. The Balaban J connectivity index is 1.20. The Morgan fingerprint density at radius 3 is 2.33 bits per heavy atom. The molecule has 0 radical (unpaired) electrons. The van der Waals surface area contributed by atoms with Crippen molar-refractivity contribution in [2.75, 3.05) is 40.4 Å². The van der Waals surface area contributed by atoms with Gasteiger partial charge >= 0.3 is 0 Å². The molecule has 276 valence electrons. The van der Waals surface area contributed by atoms with E-state index in [1.54, 1.807) is 31.9 Å². The molecule has 3 aromatic rings. The Hall–Kier alpha value is -4.39. The number of nitrogens with zero attached hydrogens (tertiary/aromatic N) is 5. The van der Waals surface area contributed by atoms with Gasteiger partial charge in [0, 0.05) is 69.2 Å². The fourth-order valence-corrected chi connectivity index (χ4v) is 8.48. The van der Waals surface area contributed by atoms with Crippen molar-refractivity contribution in [3.8, 4) is 28.7 Å². The largest absolute Gasteiger partial charge is 0.496 e. The zero-order valence-corrected chi connectivity index (χ0v) is 32.6. The molecule has 1 spiro atoms. The second kappa shape index (κ2) is 14.6. The summed E-state index contributed by atoms with van der Waals surface area (Å²) in [5.41, 5.74) is 8.79. The Morgan fingerprint density at radius 1 is 1.04 bits per heavy atom. The number of nitriles is 1. The first-order valence-electron chi connectivity index (χ1n) is 18.7. The van der Waals surface area contributed by atoms with Crippen molar-refractivity contribution in [2.45, 2.75) is 91.9 Å². The van der Waals surface area contributed by atoms with Gasteiger partial charge in [-0.15, -0.1) is 0 Å². The van der Waals surface area contributed by atoms with Crippen molar-refractivity contribution in [3.63, 3.8) is 0 Å². The molecule has 2 fully saturated rings. The van der Waals surface area contributed by atoms with Crippen molar-refractivity contribution in [1.29, 1.82) is 5.26 Å². The first kappa shape index (κ1) is 37.4. The monoisotopic (exact) mass is 705 g/mol. The molecule has 9 nitrogen and oxygen atoms in total. The van der Waals surface area contributed by atoms with Crippen LogP contribution in [0.25, 0.3) is 11.1 Å². The van der Waals surface area contributed by atoms with E-state index in [0.717, 1.165) is 84.9 Å². The molecule has 2 aromatic carbocycles. The van der Waals surface area contributed by atoms with Crippen molar-refractivity contribution in [1.82, 2.24) is 19.3 Å². The number of carbonyl (C=O) groups excluding carboxylic acids is 1. The summed E-state index contributed by atoms with van der Waals surface area (Å²) in [6, 6.07) is 12.9. The molecule has 3 heterocycles. The SMILES string of the molecule is CC[C@H]1c2cccc(CN3CCN(Cc4c(OC)cc(-c5cn(C)c(=O)c(C)c5C)cc4OC)CC34CC4)c2CCN1C(=O)/C(C#N)=C/C(C)(C)C. The first-order valence-corrected chi connectivity index (χ1v) is 18.7. The number of carbonyl (C=O) groups is 1. The number of piperazine rings is 1. The summed E-state index contributed by atoms with van der Waals surface area (Å²) in [4.78, 5) is 33.4. The first-order chi connectivity index (χ1) is 24.7. The van der Waals surface area contributed by atoms with E-state index in [0.29, 0.717) is 6.54 Å². The predicted octanol–water partition coefficient (Wildman–Crippen LogP) is 6.87. The van der Waals surface area contributed by atoms with Crippen LogP contribution in [-0.2, 0) is 31.4 Å². The predicted molar refractivity (Wildman–Crippen MR) is 205 cm³/mol. The highest BCUT2D eigenvalue weighted by Gasteiger charge is 2.51. The van der Waals surface area contributed by atoms with Gasteiger partial charge in [-0.2, -0.15) is 5.26 Å². The van der Waals surface area contributed by atoms with Crippen LogP contribution in [0, 0.1) is 30.6 Å². The van der Waals surface area contributed by atoms with Crippen LogP contribution in [-0.4, -0.2) is 71.1 Å². The Labute approximate surface area is 309 Å². The lowest BCUT2D eigenvalue weighted by Gasteiger charge is -2.43. The maximum atomic E-state index is 13.6. The summed E-state index contributed by atoms with van der Waals surface area (Å²) in [6.07, 6.45) is 7.65. The van der Waals surface area contributed by atoms with E-state index in [1.165, 1.54) is 29.5 Å². The van der Waals surface area contributed by atoms with Crippen molar-refractivity contribution < 1.29 is 14.3 Å². The van der Waals surface area contributed by atoms with Crippen LogP contribution in [0.15, 0.2) is 53.0 Å². The molecule has 2 aliphatic heterocycles. The van der Waals surface area contributed by atoms with Crippen LogP contribution < -0.4 is 15.0 Å². The molecule has 1 amide bonds. The second-order valence-electron chi connectivity index (χ2n) is 16.1. The Morgan fingerprint density at radius 2 is 1.73 bits per heavy atom. The fourth-order valence-electron chi connectivity index (χ4n) is 8.48. The molecule has 1 saturated heterocycles. The van der Waals surface area contributed by atoms with E-state index < -0.39 is 0 Å². The number of pyridine rings is 1. The number of methoxy groups -OCH3 is 2. The molecular weight excluding hydrogens is 651 g/mol. The highest BCUT2D eigenvalue weighted by molar-refractivity contribution is 5.97. The zero-order valence-electron chi connectivity index (χ0n) is 32.6. The molecule has 1 aliphatic carbocycles. The molecule has 1 aromatic heterocycles. The minimum absolute atomic E-state index is 0.0141. The Kier molecular flexibility index (Phi) is 10.5. The number of ether oxygens (including phenoxy) is 2. The van der Waals surface area contributed by atoms with Gasteiger partial charge in [0.05, 0.1) is 25.8 Å². The number of allylic oxidation sites excluding steroid dienone is 1. The molecule has 3 aliphatic rings. The van der Waals surface area contributed by atoms with Gasteiger partial charge in [-0.3, -0.25) is 19.4 Å². The molecule has 0 unspecified atom stereocenters. The van der Waals surface area contributed by atoms with Crippen LogP contribution in [0.1, 0.15) is 86.4 Å². The minimum atomic E-state index is -0.251. The van der Waals surface area contributed by atoms with Crippen LogP contribution in [0.4, 0.5) is 0 Å². The molecule has 0 bridgehead atoms. The van der Waals surface area contributed by atoms with E-state index in [-0.39, 0.29) is 34.0 Å². The van der Waals surface area contributed by atoms with Gasteiger partial charge in [-0.25, -0.2) is 0 Å². The average Bonchev–Trinajstić information content (AvgIpc) is 3.90. The maximum Gasteiger partial charge on any atom is 0.264 e. The minimum Gasteiger partial charge on any atom is -0.496 e. The molecule has 1 atom stereocenters. The van der Waals surface area contributed by atoms with E-state index in [9.17, 15) is 14.9 Å². The fraction of sp³-hybridized carbons (Fsp3) is 0.512. The second-order valence-corrected chi connectivity index (χ2v) is 16.1. The summed E-state index contributed by atoms with van der Waals surface area (Å²) >= 11 is 0. The van der Waals surface area contributed by atoms with Gasteiger partial charge in [0.1, 0.15) is 23.1 Å². The van der Waals surface area contributed by atoms with Crippen molar-refractivity contribution in [3.05, 3.63) is 91.9 Å². The topological polar surface area (TPSA) is 91.0 Å². The maximum absolute atomic E-state index is 13.6. The number of benzene rings is 2. The summed E-state index contributed by atoms with van der Waals surface area (Å²) in [7, 11) is 5.22. The number of aromatic nitrogens is 1. The number of fused-ring (bicyclic) bond motifs is 1. The number of hydrogen-bond donors (Lipinski definition) is 0. The molecule has 6 rings (SSSR count). The summed E-state index contributed by atoms with van der Waals surface area (Å²) in [6.45, 7) is 17.2. The summed E-state index contributed by atoms with van der Waals surface area (Å²) < 4.78 is 13.6. The summed E-state index contributed by atoms with van der Waals surface area (Å²) in [5, 5.41) is 9.87. The number of aryl methyl sites for hydroxylation is 1. The zero-order chi connectivity index (χ0) is 37.5. The van der Waals surface area contributed by atoms with E-state index in [2.05, 4.69) is 53.1 Å².